The number of nitrogens with zero attached hydrogens (tertiary/aromatic N) is 4. The smallest absolute Gasteiger partial charge is 0.279 e. The van der Waals surface area contributed by atoms with Gasteiger partial charge in [-0.1, -0.05) is 32.0 Å². The SMILES string of the molecule is Cc1nn(-c2ccccc2)nc1C(=O)Nc1nc(C(C)C)cs1. The molecule has 2 aromatic heterocycles. The van der Waals surface area contributed by atoms with Gasteiger partial charge in [0, 0.05) is 5.38 Å². The van der Waals surface area contributed by atoms with Crippen molar-refractivity contribution in [1.29, 1.82) is 0 Å². The van der Waals surface area contributed by atoms with Crippen molar-refractivity contribution in [1.82, 2.24) is 20.0 Å². The summed E-state index contributed by atoms with van der Waals surface area (Å²) in [5, 5.41) is 13.9. The van der Waals surface area contributed by atoms with Crippen LogP contribution >= 0.6 is 11.3 Å². The van der Waals surface area contributed by atoms with Crippen LogP contribution in [-0.2, 0) is 0 Å². The molecule has 0 radical (unpaired) electrons. The summed E-state index contributed by atoms with van der Waals surface area (Å²) in [6.07, 6.45) is 0. The molecule has 1 amide bonds. The summed E-state index contributed by atoms with van der Waals surface area (Å²) in [6, 6.07) is 9.49. The number of amides is 1. The Morgan fingerprint density at radius 2 is 1.96 bits per heavy atom. The minimum atomic E-state index is -0.297. The summed E-state index contributed by atoms with van der Waals surface area (Å²) in [7, 11) is 0. The lowest BCUT2D eigenvalue weighted by Gasteiger charge is -2.00. The molecular weight excluding hydrogens is 310 g/mol. The van der Waals surface area contributed by atoms with Gasteiger partial charge in [-0.2, -0.15) is 9.90 Å². The number of hydrogen-bond donors (Lipinski definition) is 1. The van der Waals surface area contributed by atoms with Crippen molar-refractivity contribution in [3.63, 3.8) is 0 Å². The number of carbonyl (C=O) groups excluding carboxylic acids is 1. The van der Waals surface area contributed by atoms with Crippen molar-refractivity contribution in [2.45, 2.75) is 26.7 Å². The van der Waals surface area contributed by atoms with Gasteiger partial charge in [-0.3, -0.25) is 10.1 Å². The summed E-state index contributed by atoms with van der Waals surface area (Å²) < 4.78 is 0. The fourth-order valence-electron chi connectivity index (χ4n) is 2.03. The normalized spacial score (nSPS) is 11.0. The average Bonchev–Trinajstić information content (AvgIpc) is 3.15. The fraction of sp³-hybridized carbons (Fsp3) is 0.250. The van der Waals surface area contributed by atoms with E-state index in [1.54, 1.807) is 6.92 Å². The van der Waals surface area contributed by atoms with Gasteiger partial charge in [0.15, 0.2) is 10.8 Å². The van der Waals surface area contributed by atoms with Crippen molar-refractivity contribution in [3.8, 4) is 5.69 Å². The molecule has 0 aliphatic rings. The van der Waals surface area contributed by atoms with Crippen molar-refractivity contribution < 1.29 is 4.79 Å². The van der Waals surface area contributed by atoms with Gasteiger partial charge in [-0.05, 0) is 25.0 Å². The molecule has 6 nitrogen and oxygen atoms in total. The van der Waals surface area contributed by atoms with Gasteiger partial charge in [-0.25, -0.2) is 4.98 Å². The number of anilines is 1. The number of benzene rings is 1. The quantitative estimate of drug-likeness (QED) is 0.797. The number of aromatic nitrogens is 4. The highest BCUT2D eigenvalue weighted by atomic mass is 32.1. The maximum atomic E-state index is 12.4. The van der Waals surface area contributed by atoms with E-state index in [0.29, 0.717) is 22.4 Å². The Bertz CT molecular complexity index is 822. The molecule has 7 heteroatoms. The molecule has 118 valence electrons. The molecule has 0 saturated heterocycles. The Morgan fingerprint density at radius 3 is 2.61 bits per heavy atom. The monoisotopic (exact) mass is 327 g/mol. The third kappa shape index (κ3) is 3.29. The Morgan fingerprint density at radius 1 is 1.22 bits per heavy atom. The zero-order chi connectivity index (χ0) is 16.4. The zero-order valence-electron chi connectivity index (χ0n) is 13.1. The zero-order valence-corrected chi connectivity index (χ0v) is 14.0. The van der Waals surface area contributed by atoms with Crippen LogP contribution in [-0.4, -0.2) is 25.9 Å². The van der Waals surface area contributed by atoms with Gasteiger partial charge in [0.25, 0.3) is 5.91 Å². The van der Waals surface area contributed by atoms with E-state index in [9.17, 15) is 4.79 Å². The third-order valence-corrected chi connectivity index (χ3v) is 4.09. The van der Waals surface area contributed by atoms with Crippen molar-refractivity contribution in [2.75, 3.05) is 5.32 Å². The molecule has 1 N–H and O–H groups in total. The number of rotatable bonds is 4. The molecule has 0 unspecified atom stereocenters. The van der Waals surface area contributed by atoms with Crippen LogP contribution in [0.25, 0.3) is 5.69 Å². The number of hydrogen-bond acceptors (Lipinski definition) is 5. The minimum absolute atomic E-state index is 0.297. The maximum absolute atomic E-state index is 12.4. The molecule has 0 spiro atoms. The predicted octanol–water partition coefficient (Wildman–Crippen LogP) is 3.41. The second-order valence-corrected chi connectivity index (χ2v) is 6.30. The van der Waals surface area contributed by atoms with Crippen molar-refractivity contribution in [2.24, 2.45) is 0 Å². The lowest BCUT2D eigenvalue weighted by atomic mass is 10.2. The molecule has 0 atom stereocenters. The standard InChI is InChI=1S/C16H17N5OS/c1-10(2)13-9-23-16(17-13)18-15(22)14-11(3)19-21(20-14)12-7-5-4-6-8-12/h4-10H,1-3H3,(H,17,18,22). The van der Waals surface area contributed by atoms with Crippen LogP contribution in [0, 0.1) is 6.92 Å². The van der Waals surface area contributed by atoms with E-state index in [0.717, 1.165) is 11.4 Å². The maximum Gasteiger partial charge on any atom is 0.279 e. The van der Waals surface area contributed by atoms with E-state index >= 15 is 0 Å². The lowest BCUT2D eigenvalue weighted by molar-refractivity contribution is 0.102. The number of thiazole rings is 1. The Labute approximate surface area is 138 Å². The van der Waals surface area contributed by atoms with Crippen molar-refractivity contribution in [3.05, 3.63) is 52.8 Å². The summed E-state index contributed by atoms with van der Waals surface area (Å²) in [5.41, 5.74) is 2.66. The highest BCUT2D eigenvalue weighted by molar-refractivity contribution is 7.14. The second-order valence-electron chi connectivity index (χ2n) is 5.45. The predicted molar refractivity (Wildman–Crippen MR) is 90.3 cm³/mol. The second kappa shape index (κ2) is 6.29. The van der Waals surface area contributed by atoms with Crippen molar-refractivity contribution >= 4 is 22.4 Å². The molecule has 3 aromatic rings. The third-order valence-electron chi connectivity index (χ3n) is 3.32. The van der Waals surface area contributed by atoms with Crippen LogP contribution in [0.5, 0.6) is 0 Å². The highest BCUT2D eigenvalue weighted by Crippen LogP contribution is 2.22. The molecule has 2 heterocycles. The number of nitrogens with one attached hydrogen (secondary N) is 1. The summed E-state index contributed by atoms with van der Waals surface area (Å²) in [6.45, 7) is 5.90. The van der Waals surface area contributed by atoms with Crippen LogP contribution in [0.2, 0.25) is 0 Å². The number of carbonyl (C=O) groups is 1. The van der Waals surface area contributed by atoms with Gasteiger partial charge < -0.3 is 0 Å². The first kappa shape index (κ1) is 15.4. The van der Waals surface area contributed by atoms with Gasteiger partial charge >= 0.3 is 0 Å². The van der Waals surface area contributed by atoms with E-state index in [1.165, 1.54) is 16.1 Å². The topological polar surface area (TPSA) is 72.7 Å². The van der Waals surface area contributed by atoms with E-state index in [4.69, 9.17) is 0 Å². The van der Waals surface area contributed by atoms with Crippen LogP contribution in [0.4, 0.5) is 5.13 Å². The molecule has 3 rings (SSSR count). The molecule has 0 aliphatic carbocycles. The molecule has 0 fully saturated rings. The molecular formula is C16H17N5OS. The van der Waals surface area contributed by atoms with Crippen LogP contribution in [0.1, 0.15) is 41.6 Å². The van der Waals surface area contributed by atoms with Crippen LogP contribution in [0.15, 0.2) is 35.7 Å². The largest absolute Gasteiger partial charge is 0.296 e. The van der Waals surface area contributed by atoms with Gasteiger partial charge in [0.1, 0.15) is 0 Å². The number of para-hydroxylation sites is 1. The Balaban J connectivity index is 1.81. The highest BCUT2D eigenvalue weighted by Gasteiger charge is 2.18. The first-order valence-electron chi connectivity index (χ1n) is 7.30. The molecule has 0 saturated carbocycles. The van der Waals surface area contributed by atoms with E-state index in [2.05, 4.69) is 34.3 Å². The first-order valence-corrected chi connectivity index (χ1v) is 8.18. The summed E-state index contributed by atoms with van der Waals surface area (Å²) in [4.78, 5) is 18.3. The van der Waals surface area contributed by atoms with Crippen LogP contribution < -0.4 is 5.32 Å². The molecule has 0 bridgehead atoms. The van der Waals surface area contributed by atoms with E-state index < -0.39 is 0 Å². The summed E-state index contributed by atoms with van der Waals surface area (Å²) >= 11 is 1.41. The summed E-state index contributed by atoms with van der Waals surface area (Å²) in [5.74, 6) is 0.0342. The van der Waals surface area contributed by atoms with Gasteiger partial charge in [0.05, 0.1) is 17.1 Å². The minimum Gasteiger partial charge on any atom is -0.296 e. The molecule has 0 aliphatic heterocycles. The van der Waals surface area contributed by atoms with Gasteiger partial charge in [0.2, 0.25) is 0 Å². The first-order chi connectivity index (χ1) is 11.0. The molecule has 23 heavy (non-hydrogen) atoms. The Hall–Kier alpha value is -2.54. The molecule has 1 aromatic carbocycles. The Kier molecular flexibility index (Phi) is 4.20. The van der Waals surface area contributed by atoms with Gasteiger partial charge in [-0.15, -0.1) is 16.4 Å². The van der Waals surface area contributed by atoms with E-state index in [-0.39, 0.29) is 5.91 Å². The van der Waals surface area contributed by atoms with Crippen LogP contribution in [0.3, 0.4) is 0 Å². The fourth-order valence-corrected chi connectivity index (χ4v) is 2.90. The van der Waals surface area contributed by atoms with E-state index in [1.807, 2.05) is 35.7 Å². The number of aryl methyl sites for hydroxylation is 1. The average molecular weight is 327 g/mol. The lowest BCUT2D eigenvalue weighted by Crippen LogP contribution is -2.14.